The molecule has 1 aliphatic heterocycles. The number of sulfonamides is 1. The topological polar surface area (TPSA) is 79.0 Å². The molecule has 1 amide bonds. The first-order valence-corrected chi connectivity index (χ1v) is 12.3. The van der Waals surface area contributed by atoms with Crippen molar-refractivity contribution in [1.82, 2.24) is 4.31 Å². The van der Waals surface area contributed by atoms with Crippen molar-refractivity contribution < 1.29 is 17.9 Å². The van der Waals surface area contributed by atoms with Gasteiger partial charge in [-0.05, 0) is 49.6 Å². The van der Waals surface area contributed by atoms with Gasteiger partial charge in [0.2, 0.25) is 10.0 Å². The van der Waals surface area contributed by atoms with Gasteiger partial charge in [-0.15, -0.1) is 0 Å². The number of para-hydroxylation sites is 1. The molecule has 0 atom stereocenters. The van der Waals surface area contributed by atoms with Gasteiger partial charge < -0.3 is 15.0 Å². The maximum atomic E-state index is 13.0. The van der Waals surface area contributed by atoms with Crippen LogP contribution in [0.3, 0.4) is 0 Å². The molecule has 8 heteroatoms. The monoisotopic (exact) mass is 445 g/mol. The maximum absolute atomic E-state index is 13.0. The van der Waals surface area contributed by atoms with Crippen LogP contribution in [0.25, 0.3) is 0 Å². The second-order valence-electron chi connectivity index (χ2n) is 7.47. The third-order valence-electron chi connectivity index (χ3n) is 5.40. The molecule has 1 heterocycles. The highest BCUT2D eigenvalue weighted by Gasteiger charge is 2.24. The highest BCUT2D eigenvalue weighted by molar-refractivity contribution is 7.89. The van der Waals surface area contributed by atoms with Crippen LogP contribution in [0.2, 0.25) is 0 Å². The Labute approximate surface area is 185 Å². The fourth-order valence-corrected chi connectivity index (χ4v) is 5.24. The third-order valence-corrected chi connectivity index (χ3v) is 7.44. The second-order valence-corrected chi connectivity index (χ2v) is 9.40. The average Bonchev–Trinajstić information content (AvgIpc) is 2.79. The minimum Gasteiger partial charge on any atom is -0.484 e. The zero-order valence-corrected chi connectivity index (χ0v) is 19.0. The number of ether oxygens (including phenoxy) is 1. The molecule has 1 aliphatic rings. The van der Waals surface area contributed by atoms with E-state index in [1.807, 2.05) is 32.0 Å². The van der Waals surface area contributed by atoms with Crippen molar-refractivity contribution in [3.8, 4) is 5.75 Å². The highest BCUT2D eigenvalue weighted by Crippen LogP contribution is 2.32. The van der Waals surface area contributed by atoms with E-state index in [9.17, 15) is 13.2 Å². The van der Waals surface area contributed by atoms with Crippen molar-refractivity contribution in [2.24, 2.45) is 0 Å². The minimum absolute atomic E-state index is 0.156. The molecule has 0 radical (unpaired) electrons. The quantitative estimate of drug-likeness (QED) is 0.636. The standard InChI is InChI=1S/C23H31N3O4S/c1-3-26(4-2)31(28,29)20-13-14-22(25-15-9-6-10-16-25)21(17-20)24-23(27)18-30-19-11-7-5-8-12-19/h5,7-8,11-14,17H,3-4,6,9-10,15-16,18H2,1-2H3,(H,24,27). The number of carbonyl (C=O) groups is 1. The van der Waals surface area contributed by atoms with Gasteiger partial charge in [0.05, 0.1) is 16.3 Å². The van der Waals surface area contributed by atoms with Gasteiger partial charge in [-0.25, -0.2) is 8.42 Å². The molecule has 168 valence electrons. The number of amides is 1. The van der Waals surface area contributed by atoms with Gasteiger partial charge in [-0.2, -0.15) is 4.31 Å². The summed E-state index contributed by atoms with van der Waals surface area (Å²) in [6, 6.07) is 14.1. The van der Waals surface area contributed by atoms with Gasteiger partial charge in [0, 0.05) is 26.2 Å². The molecule has 0 spiro atoms. The second kappa shape index (κ2) is 10.6. The molecule has 2 aromatic carbocycles. The van der Waals surface area contributed by atoms with Crippen molar-refractivity contribution in [2.75, 3.05) is 43.0 Å². The Kier molecular flexibility index (Phi) is 7.92. The van der Waals surface area contributed by atoms with Gasteiger partial charge in [-0.3, -0.25) is 4.79 Å². The van der Waals surface area contributed by atoms with Gasteiger partial charge in [-0.1, -0.05) is 32.0 Å². The number of hydrogen-bond acceptors (Lipinski definition) is 5. The normalized spacial score (nSPS) is 14.5. The van der Waals surface area contributed by atoms with Gasteiger partial charge in [0.1, 0.15) is 5.75 Å². The van der Waals surface area contributed by atoms with E-state index in [1.54, 1.807) is 30.3 Å². The summed E-state index contributed by atoms with van der Waals surface area (Å²) >= 11 is 0. The van der Waals surface area contributed by atoms with Crippen molar-refractivity contribution in [3.05, 3.63) is 48.5 Å². The number of hydrogen-bond donors (Lipinski definition) is 1. The average molecular weight is 446 g/mol. The van der Waals surface area contributed by atoms with Crippen molar-refractivity contribution >= 4 is 27.3 Å². The molecular weight excluding hydrogens is 414 g/mol. The predicted octanol–water partition coefficient (Wildman–Crippen LogP) is 3.72. The number of anilines is 2. The van der Waals surface area contributed by atoms with E-state index in [-0.39, 0.29) is 17.4 Å². The van der Waals surface area contributed by atoms with Crippen LogP contribution < -0.4 is 15.0 Å². The van der Waals surface area contributed by atoms with E-state index in [0.717, 1.165) is 31.6 Å². The molecule has 31 heavy (non-hydrogen) atoms. The van der Waals surface area contributed by atoms with Crippen LogP contribution in [0, 0.1) is 0 Å². The van der Waals surface area contributed by atoms with Crippen LogP contribution in [0.5, 0.6) is 5.75 Å². The first kappa shape index (κ1) is 23.1. The number of piperidine rings is 1. The molecule has 0 bridgehead atoms. The summed E-state index contributed by atoms with van der Waals surface area (Å²) in [7, 11) is -3.63. The first-order chi connectivity index (χ1) is 15.0. The van der Waals surface area contributed by atoms with Crippen LogP contribution in [0.1, 0.15) is 33.1 Å². The van der Waals surface area contributed by atoms with Crippen molar-refractivity contribution in [3.63, 3.8) is 0 Å². The Balaban J connectivity index is 1.85. The fourth-order valence-electron chi connectivity index (χ4n) is 3.75. The highest BCUT2D eigenvalue weighted by atomic mass is 32.2. The Bertz CT molecular complexity index is 970. The van der Waals surface area contributed by atoms with Crippen LogP contribution in [-0.4, -0.2) is 51.4 Å². The SMILES string of the molecule is CCN(CC)S(=O)(=O)c1ccc(N2CCCCC2)c(NC(=O)COc2ccccc2)c1. The summed E-state index contributed by atoms with van der Waals surface area (Å²) in [5.41, 5.74) is 1.34. The van der Waals surface area contributed by atoms with Crippen molar-refractivity contribution in [2.45, 2.75) is 38.0 Å². The van der Waals surface area contributed by atoms with Crippen LogP contribution in [0.4, 0.5) is 11.4 Å². The lowest BCUT2D eigenvalue weighted by Gasteiger charge is -2.31. The lowest BCUT2D eigenvalue weighted by atomic mass is 10.1. The Hall–Kier alpha value is -2.58. The van der Waals surface area contributed by atoms with Gasteiger partial charge in [0.15, 0.2) is 6.61 Å². The van der Waals surface area contributed by atoms with Crippen LogP contribution in [0.15, 0.2) is 53.4 Å². The lowest BCUT2D eigenvalue weighted by Crippen LogP contribution is -2.32. The Morgan fingerprint density at radius 3 is 2.35 bits per heavy atom. The first-order valence-electron chi connectivity index (χ1n) is 10.8. The summed E-state index contributed by atoms with van der Waals surface area (Å²) in [6.07, 6.45) is 3.32. The Morgan fingerprint density at radius 2 is 1.71 bits per heavy atom. The predicted molar refractivity (Wildman–Crippen MR) is 123 cm³/mol. The molecular formula is C23H31N3O4S. The summed E-state index contributed by atoms with van der Waals surface area (Å²) in [5.74, 6) is 0.270. The summed E-state index contributed by atoms with van der Waals surface area (Å²) in [5, 5.41) is 2.88. The molecule has 2 aromatic rings. The van der Waals surface area contributed by atoms with Gasteiger partial charge >= 0.3 is 0 Å². The van der Waals surface area contributed by atoms with Crippen LogP contribution in [-0.2, 0) is 14.8 Å². The zero-order valence-electron chi connectivity index (χ0n) is 18.2. The molecule has 3 rings (SSSR count). The minimum atomic E-state index is -3.63. The number of rotatable bonds is 9. The summed E-state index contributed by atoms with van der Waals surface area (Å²) in [6.45, 7) is 6.01. The van der Waals surface area contributed by atoms with E-state index in [0.29, 0.717) is 24.5 Å². The Morgan fingerprint density at radius 1 is 1.03 bits per heavy atom. The van der Waals surface area contributed by atoms with E-state index >= 15 is 0 Å². The zero-order chi connectivity index (χ0) is 22.3. The molecule has 0 aliphatic carbocycles. The molecule has 0 unspecified atom stereocenters. The smallest absolute Gasteiger partial charge is 0.262 e. The number of benzene rings is 2. The fraction of sp³-hybridized carbons (Fsp3) is 0.435. The molecule has 1 fully saturated rings. The van der Waals surface area contributed by atoms with Crippen molar-refractivity contribution in [1.29, 1.82) is 0 Å². The molecule has 0 aromatic heterocycles. The van der Waals surface area contributed by atoms with Gasteiger partial charge in [0.25, 0.3) is 5.91 Å². The molecule has 1 N–H and O–H groups in total. The van der Waals surface area contributed by atoms with E-state index in [2.05, 4.69) is 10.2 Å². The maximum Gasteiger partial charge on any atom is 0.262 e. The number of nitrogens with one attached hydrogen (secondary N) is 1. The summed E-state index contributed by atoms with van der Waals surface area (Å²) < 4.78 is 33.0. The molecule has 0 saturated carbocycles. The summed E-state index contributed by atoms with van der Waals surface area (Å²) in [4.78, 5) is 15.0. The molecule has 1 saturated heterocycles. The number of nitrogens with zero attached hydrogens (tertiary/aromatic N) is 2. The van der Waals surface area contributed by atoms with Crippen LogP contribution >= 0.6 is 0 Å². The third kappa shape index (κ3) is 5.77. The van der Waals surface area contributed by atoms with E-state index < -0.39 is 10.0 Å². The van der Waals surface area contributed by atoms with E-state index in [4.69, 9.17) is 4.74 Å². The largest absolute Gasteiger partial charge is 0.484 e. The molecule has 7 nitrogen and oxygen atoms in total. The lowest BCUT2D eigenvalue weighted by molar-refractivity contribution is -0.118. The number of carbonyl (C=O) groups excluding carboxylic acids is 1. The van der Waals surface area contributed by atoms with E-state index in [1.165, 1.54) is 10.7 Å².